The number of piperidine rings is 1. The van der Waals surface area contributed by atoms with Gasteiger partial charge in [0, 0.05) is 18.8 Å². The van der Waals surface area contributed by atoms with E-state index >= 15 is 0 Å². The summed E-state index contributed by atoms with van der Waals surface area (Å²) in [6.07, 6.45) is 2.10. The van der Waals surface area contributed by atoms with Crippen LogP contribution < -0.4 is 5.32 Å². The second kappa shape index (κ2) is 8.82. The van der Waals surface area contributed by atoms with E-state index in [-0.39, 0.29) is 24.2 Å². The first-order valence-electron chi connectivity index (χ1n) is 9.28. The van der Waals surface area contributed by atoms with Crippen molar-refractivity contribution in [3.8, 4) is 0 Å². The van der Waals surface area contributed by atoms with Crippen LogP contribution in [-0.4, -0.2) is 47.1 Å². The summed E-state index contributed by atoms with van der Waals surface area (Å²) in [5.41, 5.74) is 2.74. The standard InChI is InChI=1S/C19H28N4O2.ClH/c1-5-20-11-14-6-8-23(9-7-14)19(24)15-10-13(4)21-18-16(15)17(12(2)3)22-25-18;/h10,12,14,20H,5-9,11H2,1-4H3;1H. The summed E-state index contributed by atoms with van der Waals surface area (Å²) in [5, 5.41) is 8.34. The first-order valence-corrected chi connectivity index (χ1v) is 9.28. The van der Waals surface area contributed by atoms with Crippen molar-refractivity contribution in [1.82, 2.24) is 20.4 Å². The maximum atomic E-state index is 13.2. The zero-order chi connectivity index (χ0) is 18.0. The van der Waals surface area contributed by atoms with Crippen molar-refractivity contribution < 1.29 is 9.32 Å². The van der Waals surface area contributed by atoms with E-state index in [4.69, 9.17) is 4.52 Å². The second-order valence-electron chi connectivity index (χ2n) is 7.26. The van der Waals surface area contributed by atoms with Gasteiger partial charge in [-0.2, -0.15) is 0 Å². The average molecular weight is 381 g/mol. The van der Waals surface area contributed by atoms with Gasteiger partial charge < -0.3 is 14.7 Å². The lowest BCUT2D eigenvalue weighted by molar-refractivity contribution is 0.0692. The van der Waals surface area contributed by atoms with Crippen LogP contribution in [0.25, 0.3) is 11.1 Å². The number of aryl methyl sites for hydroxylation is 1. The van der Waals surface area contributed by atoms with Gasteiger partial charge in [-0.25, -0.2) is 4.98 Å². The van der Waals surface area contributed by atoms with Gasteiger partial charge in [-0.1, -0.05) is 25.9 Å². The maximum absolute atomic E-state index is 13.2. The van der Waals surface area contributed by atoms with Gasteiger partial charge >= 0.3 is 0 Å². The summed E-state index contributed by atoms with van der Waals surface area (Å²) in [5.74, 6) is 0.913. The van der Waals surface area contributed by atoms with Crippen LogP contribution in [0.15, 0.2) is 10.6 Å². The van der Waals surface area contributed by atoms with Crippen LogP contribution in [0, 0.1) is 12.8 Å². The van der Waals surface area contributed by atoms with Crippen molar-refractivity contribution in [3.63, 3.8) is 0 Å². The third-order valence-corrected chi connectivity index (χ3v) is 4.96. The van der Waals surface area contributed by atoms with Crippen LogP contribution in [0.5, 0.6) is 0 Å². The van der Waals surface area contributed by atoms with Crippen LogP contribution in [0.3, 0.4) is 0 Å². The normalized spacial score (nSPS) is 15.5. The number of pyridine rings is 1. The molecule has 26 heavy (non-hydrogen) atoms. The number of rotatable bonds is 5. The van der Waals surface area contributed by atoms with Gasteiger partial charge in [0.25, 0.3) is 11.6 Å². The molecule has 0 aliphatic carbocycles. The summed E-state index contributed by atoms with van der Waals surface area (Å²) in [4.78, 5) is 19.5. The summed E-state index contributed by atoms with van der Waals surface area (Å²) in [6.45, 7) is 11.8. The minimum Gasteiger partial charge on any atom is -0.339 e. The Bertz CT molecular complexity index is 751. The molecule has 1 saturated heterocycles. The zero-order valence-corrected chi connectivity index (χ0v) is 16.9. The fraction of sp³-hybridized carbons (Fsp3) is 0.632. The lowest BCUT2D eigenvalue weighted by Crippen LogP contribution is -2.40. The molecule has 0 radical (unpaired) electrons. The highest BCUT2D eigenvalue weighted by Crippen LogP contribution is 2.29. The summed E-state index contributed by atoms with van der Waals surface area (Å²) >= 11 is 0. The molecule has 6 nitrogen and oxygen atoms in total. The number of hydrogen-bond acceptors (Lipinski definition) is 5. The number of likely N-dealkylation sites (tertiary alicyclic amines) is 1. The predicted molar refractivity (Wildman–Crippen MR) is 105 cm³/mol. The van der Waals surface area contributed by atoms with E-state index in [2.05, 4.69) is 36.2 Å². The lowest BCUT2D eigenvalue weighted by atomic mass is 9.95. The molecule has 7 heteroatoms. The Morgan fingerprint density at radius 3 is 2.69 bits per heavy atom. The molecule has 0 unspecified atom stereocenters. The molecule has 2 aromatic rings. The van der Waals surface area contributed by atoms with E-state index in [1.165, 1.54) is 0 Å². The van der Waals surface area contributed by atoms with Crippen LogP contribution in [0.1, 0.15) is 61.3 Å². The van der Waals surface area contributed by atoms with Gasteiger partial charge in [0.05, 0.1) is 16.6 Å². The minimum atomic E-state index is 0. The predicted octanol–water partition coefficient (Wildman–Crippen LogP) is 3.54. The largest absolute Gasteiger partial charge is 0.339 e. The highest BCUT2D eigenvalue weighted by atomic mass is 35.5. The molecule has 1 aliphatic heterocycles. The number of halogens is 1. The highest BCUT2D eigenvalue weighted by molar-refractivity contribution is 6.06. The van der Waals surface area contributed by atoms with Gasteiger partial charge in [0.2, 0.25) is 0 Å². The van der Waals surface area contributed by atoms with Crippen molar-refractivity contribution in [2.75, 3.05) is 26.2 Å². The SMILES string of the molecule is CCNCC1CCN(C(=O)c2cc(C)nc3onc(C(C)C)c23)CC1.Cl. The number of carbonyl (C=O) groups is 1. The molecule has 1 fully saturated rings. The molecule has 1 N–H and O–H groups in total. The number of carbonyl (C=O) groups excluding carboxylic acids is 1. The number of aromatic nitrogens is 2. The molecule has 0 atom stereocenters. The Morgan fingerprint density at radius 1 is 1.38 bits per heavy atom. The monoisotopic (exact) mass is 380 g/mol. The maximum Gasteiger partial charge on any atom is 0.259 e. The number of amides is 1. The topological polar surface area (TPSA) is 71.3 Å². The molecular weight excluding hydrogens is 352 g/mol. The van der Waals surface area contributed by atoms with Crippen molar-refractivity contribution >= 4 is 29.4 Å². The fourth-order valence-electron chi connectivity index (χ4n) is 3.52. The summed E-state index contributed by atoms with van der Waals surface area (Å²) < 4.78 is 5.39. The van der Waals surface area contributed by atoms with E-state index in [1.54, 1.807) is 0 Å². The number of nitrogens with zero attached hydrogens (tertiary/aromatic N) is 3. The van der Waals surface area contributed by atoms with E-state index < -0.39 is 0 Å². The van der Waals surface area contributed by atoms with Crippen LogP contribution in [0.2, 0.25) is 0 Å². The van der Waals surface area contributed by atoms with Crippen molar-refractivity contribution in [2.45, 2.75) is 46.5 Å². The van der Waals surface area contributed by atoms with Crippen molar-refractivity contribution in [1.29, 1.82) is 0 Å². The molecule has 0 aromatic carbocycles. The first kappa shape index (κ1) is 20.6. The number of hydrogen-bond donors (Lipinski definition) is 1. The molecule has 0 spiro atoms. The lowest BCUT2D eigenvalue weighted by Gasteiger charge is -2.32. The van der Waals surface area contributed by atoms with E-state index in [0.717, 1.165) is 55.8 Å². The number of nitrogens with one attached hydrogen (secondary N) is 1. The first-order chi connectivity index (χ1) is 12.0. The van der Waals surface area contributed by atoms with Crippen molar-refractivity contribution in [3.05, 3.63) is 23.0 Å². The van der Waals surface area contributed by atoms with Gasteiger partial charge in [0.15, 0.2) is 0 Å². The van der Waals surface area contributed by atoms with Crippen LogP contribution in [-0.2, 0) is 0 Å². The smallest absolute Gasteiger partial charge is 0.259 e. The van der Waals surface area contributed by atoms with E-state index in [0.29, 0.717) is 17.2 Å². The van der Waals surface area contributed by atoms with Gasteiger partial charge in [-0.3, -0.25) is 4.79 Å². The summed E-state index contributed by atoms with van der Waals surface area (Å²) in [6, 6.07) is 1.87. The second-order valence-corrected chi connectivity index (χ2v) is 7.26. The molecule has 0 saturated carbocycles. The molecule has 2 aromatic heterocycles. The average Bonchev–Trinajstić information content (AvgIpc) is 3.03. The van der Waals surface area contributed by atoms with E-state index in [1.807, 2.05) is 17.9 Å². The molecule has 0 bridgehead atoms. The van der Waals surface area contributed by atoms with E-state index in [9.17, 15) is 4.79 Å². The van der Waals surface area contributed by atoms with Gasteiger partial charge in [-0.15, -0.1) is 12.4 Å². The minimum absolute atomic E-state index is 0. The Hall–Kier alpha value is -1.66. The Morgan fingerprint density at radius 2 is 2.08 bits per heavy atom. The molecule has 3 rings (SSSR count). The Balaban J connectivity index is 0.00000243. The fourth-order valence-corrected chi connectivity index (χ4v) is 3.52. The molecule has 1 aliphatic rings. The molecule has 3 heterocycles. The zero-order valence-electron chi connectivity index (χ0n) is 16.0. The van der Waals surface area contributed by atoms with Crippen molar-refractivity contribution in [2.24, 2.45) is 5.92 Å². The Labute approximate surface area is 161 Å². The third kappa shape index (κ3) is 4.18. The van der Waals surface area contributed by atoms with Crippen LogP contribution >= 0.6 is 12.4 Å². The summed E-state index contributed by atoms with van der Waals surface area (Å²) in [7, 11) is 0. The van der Waals surface area contributed by atoms with Gasteiger partial charge in [0.1, 0.15) is 0 Å². The molecule has 1 amide bonds. The highest BCUT2D eigenvalue weighted by Gasteiger charge is 2.27. The quantitative estimate of drug-likeness (QED) is 0.858. The molecular formula is C19H29ClN4O2. The van der Waals surface area contributed by atoms with Gasteiger partial charge in [-0.05, 0) is 50.8 Å². The third-order valence-electron chi connectivity index (χ3n) is 4.96. The number of fused-ring (bicyclic) bond motifs is 1. The molecule has 144 valence electrons. The Kier molecular flexibility index (Phi) is 7.01. The van der Waals surface area contributed by atoms with Crippen LogP contribution in [0.4, 0.5) is 0 Å².